The smallest absolute Gasteiger partial charge is 0.241 e. The SMILES string of the molecule is Cc1cc(NC(=O)CNS(=O)(=O)c2ccc(-c3nc(C)oc3C)cc2)no1. The lowest BCUT2D eigenvalue weighted by Crippen LogP contribution is -2.32. The van der Waals surface area contributed by atoms with Crippen LogP contribution in [0.15, 0.2) is 44.2 Å². The van der Waals surface area contributed by atoms with Gasteiger partial charge in [-0.1, -0.05) is 17.3 Å². The van der Waals surface area contributed by atoms with Gasteiger partial charge in [-0.15, -0.1) is 0 Å². The molecular weight excluding hydrogens is 372 g/mol. The van der Waals surface area contributed by atoms with Crippen LogP contribution >= 0.6 is 0 Å². The van der Waals surface area contributed by atoms with Crippen LogP contribution in [0.25, 0.3) is 11.3 Å². The third-order valence-corrected chi connectivity index (χ3v) is 5.08. The molecule has 2 N–H and O–H groups in total. The number of aromatic nitrogens is 2. The number of hydrogen-bond acceptors (Lipinski definition) is 7. The molecule has 0 radical (unpaired) electrons. The summed E-state index contributed by atoms with van der Waals surface area (Å²) >= 11 is 0. The Morgan fingerprint density at radius 3 is 2.41 bits per heavy atom. The van der Waals surface area contributed by atoms with Crippen LogP contribution in [-0.2, 0) is 14.8 Å². The number of carbonyl (C=O) groups excluding carboxylic acids is 1. The molecule has 0 fully saturated rings. The molecule has 3 aromatic rings. The topological polar surface area (TPSA) is 127 Å². The zero-order chi connectivity index (χ0) is 19.6. The van der Waals surface area contributed by atoms with Gasteiger partial charge in [-0.2, -0.15) is 0 Å². The molecule has 9 nitrogen and oxygen atoms in total. The summed E-state index contributed by atoms with van der Waals surface area (Å²) in [4.78, 5) is 16.2. The third kappa shape index (κ3) is 4.41. The molecule has 0 unspecified atom stereocenters. The maximum Gasteiger partial charge on any atom is 0.241 e. The molecule has 0 aliphatic carbocycles. The van der Waals surface area contributed by atoms with Crippen molar-refractivity contribution in [3.05, 3.63) is 47.7 Å². The second-order valence-electron chi connectivity index (χ2n) is 5.86. The molecule has 27 heavy (non-hydrogen) atoms. The predicted octanol–water partition coefficient (Wildman–Crippen LogP) is 2.17. The Morgan fingerprint density at radius 2 is 1.85 bits per heavy atom. The quantitative estimate of drug-likeness (QED) is 0.660. The predicted molar refractivity (Wildman–Crippen MR) is 96.5 cm³/mol. The maximum atomic E-state index is 12.4. The van der Waals surface area contributed by atoms with Gasteiger partial charge >= 0.3 is 0 Å². The molecule has 2 heterocycles. The van der Waals surface area contributed by atoms with E-state index < -0.39 is 22.5 Å². The maximum absolute atomic E-state index is 12.4. The van der Waals surface area contributed by atoms with E-state index in [1.54, 1.807) is 32.9 Å². The van der Waals surface area contributed by atoms with Gasteiger partial charge in [0, 0.05) is 18.6 Å². The van der Waals surface area contributed by atoms with E-state index in [2.05, 4.69) is 20.2 Å². The Balaban J connectivity index is 1.66. The molecule has 0 aliphatic rings. The zero-order valence-electron chi connectivity index (χ0n) is 14.9. The van der Waals surface area contributed by atoms with Crippen LogP contribution in [0.3, 0.4) is 0 Å². The van der Waals surface area contributed by atoms with Gasteiger partial charge in [-0.25, -0.2) is 18.1 Å². The van der Waals surface area contributed by atoms with Crippen molar-refractivity contribution in [2.75, 3.05) is 11.9 Å². The number of hydrogen-bond donors (Lipinski definition) is 2. The highest BCUT2D eigenvalue weighted by atomic mass is 32.2. The van der Waals surface area contributed by atoms with E-state index in [4.69, 9.17) is 8.94 Å². The summed E-state index contributed by atoms with van der Waals surface area (Å²) in [7, 11) is -3.84. The summed E-state index contributed by atoms with van der Waals surface area (Å²) in [5.74, 6) is 1.38. The number of carbonyl (C=O) groups is 1. The van der Waals surface area contributed by atoms with Crippen LogP contribution < -0.4 is 10.0 Å². The van der Waals surface area contributed by atoms with Crippen molar-refractivity contribution in [3.63, 3.8) is 0 Å². The van der Waals surface area contributed by atoms with Crippen LogP contribution in [-0.4, -0.2) is 31.0 Å². The highest BCUT2D eigenvalue weighted by Crippen LogP contribution is 2.24. The number of amides is 1. The standard InChI is InChI=1S/C17H18N4O5S/c1-10-8-15(21-26-10)20-16(22)9-18-27(23,24)14-6-4-13(5-7-14)17-11(2)25-12(3)19-17/h4-8,18H,9H2,1-3H3,(H,20,21,22). The van der Waals surface area contributed by atoms with Gasteiger partial charge in [0.15, 0.2) is 11.7 Å². The highest BCUT2D eigenvalue weighted by molar-refractivity contribution is 7.89. The summed E-state index contributed by atoms with van der Waals surface area (Å²) in [6.45, 7) is 4.77. The molecule has 0 saturated carbocycles. The van der Waals surface area contributed by atoms with Crippen molar-refractivity contribution in [2.24, 2.45) is 0 Å². The molecular formula is C17H18N4O5S. The first-order valence-electron chi connectivity index (χ1n) is 8.02. The summed E-state index contributed by atoms with van der Waals surface area (Å²) in [6.07, 6.45) is 0. The van der Waals surface area contributed by atoms with Crippen LogP contribution in [0.5, 0.6) is 0 Å². The lowest BCUT2D eigenvalue weighted by Gasteiger charge is -2.07. The Hall–Kier alpha value is -2.98. The zero-order valence-corrected chi connectivity index (χ0v) is 15.8. The molecule has 2 aromatic heterocycles. The van der Waals surface area contributed by atoms with Gasteiger partial charge in [0.25, 0.3) is 0 Å². The summed E-state index contributed by atoms with van der Waals surface area (Å²) in [6, 6.07) is 7.69. The Labute approximate surface area is 155 Å². The van der Waals surface area contributed by atoms with Gasteiger partial charge in [-0.3, -0.25) is 4.79 Å². The highest BCUT2D eigenvalue weighted by Gasteiger charge is 2.17. The molecule has 1 amide bonds. The van der Waals surface area contributed by atoms with E-state index in [9.17, 15) is 13.2 Å². The van der Waals surface area contributed by atoms with Crippen molar-refractivity contribution >= 4 is 21.7 Å². The van der Waals surface area contributed by atoms with Crippen molar-refractivity contribution in [1.29, 1.82) is 0 Å². The fourth-order valence-electron chi connectivity index (χ4n) is 2.44. The average Bonchev–Trinajstić information content (AvgIpc) is 3.18. The van der Waals surface area contributed by atoms with E-state index >= 15 is 0 Å². The molecule has 0 aliphatic heterocycles. The molecule has 0 saturated heterocycles. The minimum Gasteiger partial charge on any atom is -0.446 e. The van der Waals surface area contributed by atoms with Gasteiger partial charge < -0.3 is 14.3 Å². The van der Waals surface area contributed by atoms with Gasteiger partial charge in [-0.05, 0) is 26.0 Å². The Bertz CT molecular complexity index is 1070. The summed E-state index contributed by atoms with van der Waals surface area (Å²) < 4.78 is 37.2. The monoisotopic (exact) mass is 390 g/mol. The number of benzene rings is 1. The number of aryl methyl sites for hydroxylation is 3. The minimum atomic E-state index is -3.84. The summed E-state index contributed by atoms with van der Waals surface area (Å²) in [5.41, 5.74) is 1.40. The first-order valence-corrected chi connectivity index (χ1v) is 9.50. The van der Waals surface area contributed by atoms with Crippen molar-refractivity contribution in [2.45, 2.75) is 25.7 Å². The van der Waals surface area contributed by atoms with Crippen molar-refractivity contribution in [3.8, 4) is 11.3 Å². The fraction of sp³-hybridized carbons (Fsp3) is 0.235. The number of oxazole rings is 1. The van der Waals surface area contributed by atoms with Gasteiger partial charge in [0.1, 0.15) is 17.2 Å². The van der Waals surface area contributed by atoms with Crippen molar-refractivity contribution < 1.29 is 22.2 Å². The number of nitrogens with one attached hydrogen (secondary N) is 2. The minimum absolute atomic E-state index is 0.0363. The van der Waals surface area contributed by atoms with E-state index in [1.165, 1.54) is 18.2 Å². The Morgan fingerprint density at radius 1 is 1.15 bits per heavy atom. The third-order valence-electron chi connectivity index (χ3n) is 3.66. The molecule has 3 rings (SSSR count). The molecule has 0 atom stereocenters. The summed E-state index contributed by atoms with van der Waals surface area (Å²) in [5, 5.41) is 6.04. The van der Waals surface area contributed by atoms with E-state index in [0.717, 1.165) is 5.56 Å². The molecule has 0 spiro atoms. The first kappa shape index (κ1) is 18.8. The second-order valence-corrected chi connectivity index (χ2v) is 7.62. The second kappa shape index (κ2) is 7.33. The lowest BCUT2D eigenvalue weighted by molar-refractivity contribution is -0.115. The molecule has 0 bridgehead atoms. The number of rotatable bonds is 6. The first-order chi connectivity index (χ1) is 12.7. The van der Waals surface area contributed by atoms with Gasteiger partial charge in [0.05, 0.1) is 11.4 Å². The van der Waals surface area contributed by atoms with E-state index in [1.807, 2.05) is 0 Å². The van der Waals surface area contributed by atoms with Crippen molar-refractivity contribution in [1.82, 2.24) is 14.9 Å². The number of anilines is 1. The van der Waals surface area contributed by atoms with Crippen LogP contribution in [0, 0.1) is 20.8 Å². The fourth-order valence-corrected chi connectivity index (χ4v) is 3.43. The largest absolute Gasteiger partial charge is 0.446 e. The van der Waals surface area contributed by atoms with Gasteiger partial charge in [0.2, 0.25) is 15.9 Å². The van der Waals surface area contributed by atoms with E-state index in [-0.39, 0.29) is 10.7 Å². The Kier molecular flexibility index (Phi) is 5.10. The normalized spacial score (nSPS) is 11.5. The average molecular weight is 390 g/mol. The number of sulfonamides is 1. The lowest BCUT2D eigenvalue weighted by atomic mass is 10.1. The van der Waals surface area contributed by atoms with E-state index in [0.29, 0.717) is 23.1 Å². The van der Waals surface area contributed by atoms with Crippen LogP contribution in [0.1, 0.15) is 17.4 Å². The van der Waals surface area contributed by atoms with Crippen LogP contribution in [0.2, 0.25) is 0 Å². The molecule has 1 aromatic carbocycles. The molecule has 142 valence electrons. The number of nitrogens with zero attached hydrogens (tertiary/aromatic N) is 2. The molecule has 10 heteroatoms. The van der Waals surface area contributed by atoms with Crippen LogP contribution in [0.4, 0.5) is 5.82 Å².